The average molecular weight is 617 g/mol. The van der Waals surface area contributed by atoms with Crippen LogP contribution in [0, 0.1) is 28.6 Å². The number of hydrogen-bond donors (Lipinski definition) is 2. The summed E-state index contributed by atoms with van der Waals surface area (Å²) < 4.78 is 9.86. The summed E-state index contributed by atoms with van der Waals surface area (Å²) in [4.78, 5) is 18.7. The van der Waals surface area contributed by atoms with Gasteiger partial charge in [0.05, 0.1) is 40.8 Å². The number of carbonyl (C=O) groups is 1. The Bertz CT molecular complexity index is 1660. The third kappa shape index (κ3) is 4.04. The third-order valence-electron chi connectivity index (χ3n) is 12.7. The Morgan fingerprint density at radius 1 is 1.16 bits per heavy atom. The molecule has 234 valence electrons. The van der Waals surface area contributed by atoms with Crippen molar-refractivity contribution in [3.63, 3.8) is 0 Å². The van der Waals surface area contributed by atoms with Crippen molar-refractivity contribution in [3.8, 4) is 0 Å². The molecule has 0 bridgehead atoms. The van der Waals surface area contributed by atoms with E-state index < -0.39 is 17.1 Å². The molecule has 0 radical (unpaired) electrons. The van der Waals surface area contributed by atoms with Gasteiger partial charge in [-0.25, -0.2) is 4.98 Å². The van der Waals surface area contributed by atoms with Gasteiger partial charge in [-0.1, -0.05) is 43.3 Å². The zero-order chi connectivity index (χ0) is 30.4. The van der Waals surface area contributed by atoms with Crippen molar-refractivity contribution in [1.82, 2.24) is 19.3 Å². The van der Waals surface area contributed by atoms with Crippen LogP contribution in [-0.4, -0.2) is 66.0 Å². The molecule has 1 aliphatic heterocycles. The van der Waals surface area contributed by atoms with Crippen LogP contribution in [0.2, 0.25) is 0 Å². The van der Waals surface area contributed by atoms with Gasteiger partial charge in [0.2, 0.25) is 0 Å². The number of ether oxygens (including phenoxy) is 1. The number of rotatable bonds is 5. The quantitative estimate of drug-likeness (QED) is 0.372. The number of carbonyl (C=O) groups excluding carboxylic acids is 1. The lowest BCUT2D eigenvalue weighted by Crippen LogP contribution is -2.62. The number of aliphatic hydroxyl groups is 2. The third-order valence-corrected chi connectivity index (χ3v) is 13.7. The van der Waals surface area contributed by atoms with E-state index >= 15 is 0 Å². The number of hydrogen-bond acceptors (Lipinski definition) is 7. The Kier molecular flexibility index (Phi) is 6.77. The molecule has 2 N–H and O–H groups in total. The van der Waals surface area contributed by atoms with Crippen LogP contribution >= 0.6 is 11.8 Å². The Balaban J connectivity index is 1.04. The summed E-state index contributed by atoms with van der Waals surface area (Å²) in [5.41, 5.74) is 3.65. The van der Waals surface area contributed by atoms with Crippen molar-refractivity contribution < 1.29 is 19.7 Å². The minimum Gasteiger partial charge on any atom is -0.393 e. The lowest BCUT2D eigenvalue weighted by molar-refractivity contribution is -0.177. The first kappa shape index (κ1) is 29.0. The second kappa shape index (κ2) is 10.3. The SMILES string of the molecule is Cn1c(SCC(=O)[C@@]2(O)CCC3C4CCC5=Cc6c(cnn6C6CCOCC6)CC5(C)C4[C@@H](O)CC32C)nc2ccccc21. The van der Waals surface area contributed by atoms with Crippen LogP contribution in [0.4, 0.5) is 0 Å². The molecule has 5 unspecified atom stereocenters. The molecule has 5 aliphatic rings. The Morgan fingerprint density at radius 2 is 1.95 bits per heavy atom. The summed E-state index contributed by atoms with van der Waals surface area (Å²) in [7, 11) is 1.97. The smallest absolute Gasteiger partial charge is 0.175 e. The molecule has 8 nitrogen and oxygen atoms in total. The monoisotopic (exact) mass is 616 g/mol. The van der Waals surface area contributed by atoms with Gasteiger partial charge >= 0.3 is 0 Å². The van der Waals surface area contributed by atoms with E-state index in [0.717, 1.165) is 67.9 Å². The minimum atomic E-state index is -1.44. The number of benzene rings is 1. The van der Waals surface area contributed by atoms with Gasteiger partial charge in [0.15, 0.2) is 10.9 Å². The van der Waals surface area contributed by atoms with Crippen LogP contribution in [-0.2, 0) is 23.0 Å². The topological polar surface area (TPSA) is 102 Å². The van der Waals surface area contributed by atoms with Crippen LogP contribution in [0.25, 0.3) is 17.1 Å². The Morgan fingerprint density at radius 3 is 2.75 bits per heavy atom. The molecule has 8 rings (SSSR count). The maximum atomic E-state index is 13.9. The molecule has 3 saturated carbocycles. The van der Waals surface area contributed by atoms with E-state index in [2.05, 4.69) is 30.8 Å². The predicted molar refractivity (Wildman–Crippen MR) is 170 cm³/mol. The molecule has 44 heavy (non-hydrogen) atoms. The molecule has 3 heterocycles. The number of allylic oxidation sites excluding steroid dienone is 1. The normalized spacial score (nSPS) is 36.8. The second-order valence-corrected chi connectivity index (χ2v) is 15.6. The van der Waals surface area contributed by atoms with Gasteiger partial charge in [0.1, 0.15) is 5.60 Å². The van der Waals surface area contributed by atoms with E-state index in [1.165, 1.54) is 28.6 Å². The van der Waals surface area contributed by atoms with Gasteiger partial charge in [-0.2, -0.15) is 5.10 Å². The number of para-hydroxylation sites is 2. The molecule has 1 aromatic carbocycles. The lowest BCUT2D eigenvalue weighted by atomic mass is 9.45. The summed E-state index contributed by atoms with van der Waals surface area (Å²) in [6.45, 7) is 6.02. The van der Waals surface area contributed by atoms with Crippen molar-refractivity contribution in [3.05, 3.63) is 47.3 Å². The first-order valence-corrected chi connectivity index (χ1v) is 17.5. The van der Waals surface area contributed by atoms with Gasteiger partial charge in [-0.05, 0) is 98.3 Å². The van der Waals surface area contributed by atoms with Crippen LogP contribution in [0.5, 0.6) is 0 Å². The number of thioether (sulfide) groups is 1. The van der Waals surface area contributed by atoms with Crippen molar-refractivity contribution in [1.29, 1.82) is 0 Å². The number of ketones is 1. The minimum absolute atomic E-state index is 0.104. The molecule has 7 atom stereocenters. The number of aryl methyl sites for hydroxylation is 1. The van der Waals surface area contributed by atoms with Crippen molar-refractivity contribution >= 4 is 34.7 Å². The largest absolute Gasteiger partial charge is 0.393 e. The molecule has 4 aliphatic carbocycles. The molecule has 9 heteroatoms. The van der Waals surface area contributed by atoms with Crippen LogP contribution < -0.4 is 0 Å². The second-order valence-electron chi connectivity index (χ2n) is 14.7. The predicted octanol–water partition coefficient (Wildman–Crippen LogP) is 5.37. The summed E-state index contributed by atoms with van der Waals surface area (Å²) >= 11 is 1.41. The first-order valence-electron chi connectivity index (χ1n) is 16.5. The van der Waals surface area contributed by atoms with Crippen LogP contribution in [0.1, 0.15) is 76.1 Å². The maximum absolute atomic E-state index is 13.9. The number of imidazole rings is 1. The summed E-state index contributed by atoms with van der Waals surface area (Å²) in [5.74, 6) is 0.621. The number of aromatic nitrogens is 4. The molecule has 4 fully saturated rings. The average Bonchev–Trinajstić information content (AvgIpc) is 3.66. The van der Waals surface area contributed by atoms with Gasteiger partial charge in [-0.3, -0.25) is 9.48 Å². The highest BCUT2D eigenvalue weighted by atomic mass is 32.2. The summed E-state index contributed by atoms with van der Waals surface area (Å²) in [5, 5.41) is 29.9. The van der Waals surface area contributed by atoms with Crippen molar-refractivity contribution in [2.45, 2.75) is 88.1 Å². The van der Waals surface area contributed by atoms with Crippen LogP contribution in [0.3, 0.4) is 0 Å². The fourth-order valence-electron chi connectivity index (χ4n) is 10.4. The highest BCUT2D eigenvalue weighted by Crippen LogP contribution is 2.67. The van der Waals surface area contributed by atoms with E-state index in [1.807, 2.05) is 35.9 Å². The highest BCUT2D eigenvalue weighted by molar-refractivity contribution is 7.99. The number of Topliss-reactive ketones (excluding diaryl/α,β-unsaturated/α-hetero) is 1. The summed E-state index contributed by atoms with van der Waals surface area (Å²) in [6.07, 6.45) is 10.5. The van der Waals surface area contributed by atoms with E-state index in [4.69, 9.17) is 14.8 Å². The Hall–Kier alpha value is -2.46. The van der Waals surface area contributed by atoms with E-state index in [1.54, 1.807) is 0 Å². The van der Waals surface area contributed by atoms with Gasteiger partial charge in [0.25, 0.3) is 0 Å². The molecule has 1 saturated heterocycles. The van der Waals surface area contributed by atoms with E-state index in [0.29, 0.717) is 18.9 Å². The number of fused-ring (bicyclic) bond motifs is 7. The highest BCUT2D eigenvalue weighted by Gasteiger charge is 2.68. The zero-order valence-corrected chi connectivity index (χ0v) is 26.9. The van der Waals surface area contributed by atoms with E-state index in [9.17, 15) is 15.0 Å². The maximum Gasteiger partial charge on any atom is 0.175 e. The molecule has 0 spiro atoms. The van der Waals surface area contributed by atoms with Gasteiger partial charge in [0, 0.05) is 25.7 Å². The zero-order valence-electron chi connectivity index (χ0n) is 26.0. The fraction of sp³-hybridized carbons (Fsp3) is 0.629. The number of nitrogens with zero attached hydrogens (tertiary/aromatic N) is 4. The van der Waals surface area contributed by atoms with Crippen molar-refractivity contribution in [2.75, 3.05) is 19.0 Å². The van der Waals surface area contributed by atoms with E-state index in [-0.39, 0.29) is 34.7 Å². The molecule has 3 aromatic rings. The standard InChI is InChI=1S/C35H44N4O4S/c1-33-17-21-19-36-39(23-11-14-43-15-12-23)28(21)16-22(33)8-9-24-25-10-13-35(42,34(25,2)18-29(40)31(24)33)30(41)20-44-32-37-26-6-4-5-7-27(26)38(32)3/h4-7,16,19,23-25,29,31,40,42H,8-15,17-18,20H2,1-3H3/t24?,25?,29-,31?,33?,34?,35-/m0/s1. The first-order chi connectivity index (χ1) is 21.1. The summed E-state index contributed by atoms with van der Waals surface area (Å²) in [6, 6.07) is 8.35. The molecular weight excluding hydrogens is 572 g/mol. The van der Waals surface area contributed by atoms with Gasteiger partial charge < -0.3 is 19.5 Å². The molecule has 0 amide bonds. The Labute approximate surface area is 263 Å². The number of aliphatic hydroxyl groups excluding tert-OH is 1. The molecule has 2 aromatic heterocycles. The van der Waals surface area contributed by atoms with Gasteiger partial charge in [-0.15, -0.1) is 0 Å². The lowest BCUT2D eigenvalue weighted by Gasteiger charge is -2.60. The van der Waals surface area contributed by atoms with Crippen molar-refractivity contribution in [2.24, 2.45) is 35.6 Å². The fourth-order valence-corrected chi connectivity index (χ4v) is 11.3. The van der Waals surface area contributed by atoms with Crippen LogP contribution in [0.15, 0.2) is 41.2 Å². The molecular formula is C35H44N4O4S.